The highest BCUT2D eigenvalue weighted by Gasteiger charge is 2.38. The minimum atomic E-state index is -1.13. The minimum Gasteiger partial charge on any atom is -0.342 e. The molecule has 0 spiro atoms. The van der Waals surface area contributed by atoms with Crippen molar-refractivity contribution in [1.29, 1.82) is 0 Å². The zero-order valence-electron chi connectivity index (χ0n) is 15.8. The van der Waals surface area contributed by atoms with Gasteiger partial charge in [-0.2, -0.15) is 10.1 Å². The van der Waals surface area contributed by atoms with Crippen molar-refractivity contribution in [1.82, 2.24) is 29.8 Å². The van der Waals surface area contributed by atoms with Crippen molar-refractivity contribution in [2.24, 2.45) is 7.05 Å². The van der Waals surface area contributed by atoms with E-state index >= 15 is 0 Å². The third-order valence-corrected chi connectivity index (χ3v) is 5.82. The Morgan fingerprint density at radius 3 is 2.74 bits per heavy atom. The van der Waals surface area contributed by atoms with Crippen molar-refractivity contribution in [3.8, 4) is 0 Å². The lowest BCUT2D eigenvalue weighted by Crippen LogP contribution is -2.39. The third kappa shape index (κ3) is 3.86. The summed E-state index contributed by atoms with van der Waals surface area (Å²) in [4.78, 5) is 23.0. The smallest absolute Gasteiger partial charge is 0.230 e. The topological polar surface area (TPSA) is 89.9 Å². The molecule has 2 aliphatic rings. The first-order chi connectivity index (χ1) is 12.9. The Morgan fingerprint density at radius 1 is 1.33 bits per heavy atom. The number of hydrogen-bond acceptors (Lipinski definition) is 6. The summed E-state index contributed by atoms with van der Waals surface area (Å²) in [5.41, 5.74) is -1.13. The van der Waals surface area contributed by atoms with Gasteiger partial charge >= 0.3 is 0 Å². The van der Waals surface area contributed by atoms with Crippen molar-refractivity contribution >= 4 is 5.91 Å². The quantitative estimate of drug-likeness (QED) is 0.812. The van der Waals surface area contributed by atoms with E-state index in [2.05, 4.69) is 20.2 Å². The molecule has 2 fully saturated rings. The molecule has 0 unspecified atom stereocenters. The number of piperidine rings is 1. The number of amides is 1. The van der Waals surface area contributed by atoms with Gasteiger partial charge in [0.25, 0.3) is 0 Å². The number of nitrogens with zero attached hydrogens (tertiary/aromatic N) is 6. The fraction of sp³-hybridized carbons (Fsp3) is 0.722. The molecule has 2 aromatic rings. The van der Waals surface area contributed by atoms with Gasteiger partial charge in [0, 0.05) is 32.0 Å². The number of likely N-dealkylation sites (tertiary alicyclic amines) is 1. The highest BCUT2D eigenvalue weighted by molar-refractivity contribution is 5.78. The maximum atomic E-state index is 14.1. The lowest BCUT2D eigenvalue weighted by Gasteiger charge is -2.30. The number of halogens is 1. The predicted octanol–water partition coefficient (Wildman–Crippen LogP) is 2.14. The monoisotopic (exact) mass is 376 g/mol. The van der Waals surface area contributed by atoms with Crippen LogP contribution in [0.3, 0.4) is 0 Å². The molecule has 0 bridgehead atoms. The molecule has 146 valence electrons. The molecule has 0 aromatic carbocycles. The Balaban J connectivity index is 1.32. The Bertz CT molecular complexity index is 808. The first-order valence-corrected chi connectivity index (χ1v) is 9.54. The van der Waals surface area contributed by atoms with Gasteiger partial charge in [0.2, 0.25) is 11.8 Å². The normalized spacial score (nSPS) is 26.6. The van der Waals surface area contributed by atoms with Gasteiger partial charge in [0.1, 0.15) is 17.8 Å². The summed E-state index contributed by atoms with van der Waals surface area (Å²) in [6.45, 7) is 2.96. The molecule has 0 radical (unpaired) electrons. The van der Waals surface area contributed by atoms with E-state index in [1.54, 1.807) is 18.7 Å². The molecule has 2 aromatic heterocycles. The van der Waals surface area contributed by atoms with Gasteiger partial charge in [-0.25, -0.2) is 9.37 Å². The molecule has 1 aliphatic heterocycles. The predicted molar refractivity (Wildman–Crippen MR) is 93.7 cm³/mol. The van der Waals surface area contributed by atoms with Crippen LogP contribution in [0.2, 0.25) is 0 Å². The van der Waals surface area contributed by atoms with E-state index in [0.29, 0.717) is 43.5 Å². The zero-order chi connectivity index (χ0) is 19.0. The average Bonchev–Trinajstić information content (AvgIpc) is 3.36. The van der Waals surface area contributed by atoms with Crippen LogP contribution in [0, 0.1) is 0 Å². The van der Waals surface area contributed by atoms with Crippen LogP contribution >= 0.6 is 0 Å². The molecule has 2 atom stereocenters. The second kappa shape index (κ2) is 7.01. The lowest BCUT2D eigenvalue weighted by molar-refractivity contribution is -0.131. The van der Waals surface area contributed by atoms with Gasteiger partial charge in [-0.05, 0) is 39.0 Å². The fourth-order valence-electron chi connectivity index (χ4n) is 4.10. The molecule has 3 heterocycles. The number of aryl methyl sites for hydroxylation is 1. The third-order valence-electron chi connectivity index (χ3n) is 5.82. The number of carbonyl (C=O) groups excluding carboxylic acids is 1. The van der Waals surface area contributed by atoms with Crippen LogP contribution in [0.4, 0.5) is 4.39 Å². The average molecular weight is 376 g/mol. The Kier molecular flexibility index (Phi) is 4.69. The highest BCUT2D eigenvalue weighted by Crippen LogP contribution is 2.42. The summed E-state index contributed by atoms with van der Waals surface area (Å²) in [5, 5.41) is 8.10. The van der Waals surface area contributed by atoms with E-state index in [4.69, 9.17) is 4.52 Å². The number of rotatable bonds is 4. The SMILES string of the molecule is Cn1ncnc1CC(=O)N1CCC(c2nc([C@@H]3CC[C@](C)(F)C3)no2)CC1. The van der Waals surface area contributed by atoms with E-state index in [-0.39, 0.29) is 24.2 Å². The maximum absolute atomic E-state index is 14.1. The molecule has 8 nitrogen and oxygen atoms in total. The van der Waals surface area contributed by atoms with Gasteiger partial charge < -0.3 is 9.42 Å². The molecule has 1 aliphatic carbocycles. The second-order valence-corrected chi connectivity index (χ2v) is 7.98. The largest absolute Gasteiger partial charge is 0.342 e. The highest BCUT2D eigenvalue weighted by atomic mass is 19.1. The molecule has 1 saturated heterocycles. The molecular weight excluding hydrogens is 351 g/mol. The van der Waals surface area contributed by atoms with Gasteiger partial charge in [0.15, 0.2) is 5.82 Å². The summed E-state index contributed by atoms with van der Waals surface area (Å²) >= 11 is 0. The van der Waals surface area contributed by atoms with Gasteiger partial charge in [0.05, 0.1) is 6.42 Å². The van der Waals surface area contributed by atoms with Crippen molar-refractivity contribution in [3.63, 3.8) is 0 Å². The van der Waals surface area contributed by atoms with Crippen molar-refractivity contribution < 1.29 is 13.7 Å². The van der Waals surface area contributed by atoms with E-state index < -0.39 is 5.67 Å². The second-order valence-electron chi connectivity index (χ2n) is 7.98. The summed E-state index contributed by atoms with van der Waals surface area (Å²) in [7, 11) is 1.78. The summed E-state index contributed by atoms with van der Waals surface area (Å²) in [6.07, 6.45) is 5.07. The molecule has 1 amide bonds. The Labute approximate surface area is 157 Å². The van der Waals surface area contributed by atoms with Crippen LogP contribution in [0.15, 0.2) is 10.9 Å². The van der Waals surface area contributed by atoms with Gasteiger partial charge in [-0.15, -0.1) is 0 Å². The molecule has 9 heteroatoms. The van der Waals surface area contributed by atoms with Gasteiger partial charge in [-0.1, -0.05) is 5.16 Å². The number of carbonyl (C=O) groups is 1. The van der Waals surface area contributed by atoms with E-state index in [9.17, 15) is 9.18 Å². The van der Waals surface area contributed by atoms with Gasteiger partial charge in [-0.3, -0.25) is 9.48 Å². The maximum Gasteiger partial charge on any atom is 0.230 e. The Morgan fingerprint density at radius 2 is 2.11 bits per heavy atom. The lowest BCUT2D eigenvalue weighted by atomic mass is 9.96. The summed E-state index contributed by atoms with van der Waals surface area (Å²) in [6, 6.07) is 0. The fourth-order valence-corrected chi connectivity index (χ4v) is 4.10. The zero-order valence-corrected chi connectivity index (χ0v) is 15.8. The van der Waals surface area contributed by atoms with Crippen molar-refractivity contribution in [3.05, 3.63) is 23.9 Å². The van der Waals surface area contributed by atoms with Crippen LogP contribution in [0.1, 0.15) is 68.4 Å². The van der Waals surface area contributed by atoms with E-state index in [1.807, 2.05) is 4.90 Å². The van der Waals surface area contributed by atoms with E-state index in [0.717, 1.165) is 19.3 Å². The van der Waals surface area contributed by atoms with Crippen LogP contribution in [-0.2, 0) is 18.3 Å². The standard InChI is InChI=1S/C18H25FN6O2/c1-18(19)6-3-13(10-18)16-22-17(27-23-16)12-4-7-25(8-5-12)15(26)9-14-20-11-21-24(14)2/h11-13H,3-10H2,1-2H3/t13-,18+/m1/s1. The molecule has 0 N–H and O–H groups in total. The van der Waals surface area contributed by atoms with Crippen LogP contribution in [-0.4, -0.2) is 54.5 Å². The number of aromatic nitrogens is 5. The number of hydrogen-bond donors (Lipinski definition) is 0. The van der Waals surface area contributed by atoms with Crippen LogP contribution < -0.4 is 0 Å². The van der Waals surface area contributed by atoms with Crippen molar-refractivity contribution in [2.75, 3.05) is 13.1 Å². The first kappa shape index (κ1) is 18.1. The molecule has 1 saturated carbocycles. The van der Waals surface area contributed by atoms with Crippen molar-refractivity contribution in [2.45, 2.75) is 63.0 Å². The van der Waals surface area contributed by atoms with Crippen LogP contribution in [0.5, 0.6) is 0 Å². The molecule has 27 heavy (non-hydrogen) atoms. The Hall–Kier alpha value is -2.32. The summed E-state index contributed by atoms with van der Waals surface area (Å²) in [5.74, 6) is 2.18. The first-order valence-electron chi connectivity index (χ1n) is 9.54. The molecule has 4 rings (SSSR count). The molecular formula is C18H25FN6O2. The van der Waals surface area contributed by atoms with Crippen LogP contribution in [0.25, 0.3) is 0 Å². The minimum absolute atomic E-state index is 0.0468. The van der Waals surface area contributed by atoms with E-state index in [1.165, 1.54) is 6.33 Å². The number of alkyl halides is 1. The summed E-state index contributed by atoms with van der Waals surface area (Å²) < 4.78 is 21.1.